The quantitative estimate of drug-likeness (QED) is 0.744. The van der Waals surface area contributed by atoms with Crippen molar-refractivity contribution in [2.75, 3.05) is 0 Å². The zero-order valence-corrected chi connectivity index (χ0v) is 13.0. The summed E-state index contributed by atoms with van der Waals surface area (Å²) in [6, 6.07) is 4.10. The molecule has 0 atom stereocenters. The minimum atomic E-state index is 0.105. The topological polar surface area (TPSA) is 72.3 Å². The summed E-state index contributed by atoms with van der Waals surface area (Å²) in [5.41, 5.74) is 2.05. The van der Waals surface area contributed by atoms with Gasteiger partial charge in [-0.15, -0.1) is 0 Å². The van der Waals surface area contributed by atoms with Crippen LogP contribution in [0.15, 0.2) is 31.0 Å². The summed E-state index contributed by atoms with van der Waals surface area (Å²) < 4.78 is 4.20. The Morgan fingerprint density at radius 3 is 2.77 bits per heavy atom. The molecule has 112 valence electrons. The molecule has 0 N–H and O–H groups in total. The van der Waals surface area contributed by atoms with Crippen molar-refractivity contribution in [3.63, 3.8) is 0 Å². The molecule has 0 aliphatic rings. The van der Waals surface area contributed by atoms with E-state index in [1.54, 1.807) is 18.7 Å². The Morgan fingerprint density at radius 2 is 2.14 bits per heavy atom. The van der Waals surface area contributed by atoms with Crippen molar-refractivity contribution in [1.29, 1.82) is 5.26 Å². The molecule has 0 amide bonds. The van der Waals surface area contributed by atoms with Gasteiger partial charge in [0.15, 0.2) is 0 Å². The molecule has 6 nitrogen and oxygen atoms in total. The molecular formula is C16H18N6. The molecule has 0 saturated heterocycles. The van der Waals surface area contributed by atoms with E-state index in [4.69, 9.17) is 5.26 Å². The van der Waals surface area contributed by atoms with Crippen LogP contribution in [0.5, 0.6) is 0 Å². The van der Waals surface area contributed by atoms with Gasteiger partial charge in [0.1, 0.15) is 11.7 Å². The maximum absolute atomic E-state index is 9.04. The van der Waals surface area contributed by atoms with E-state index < -0.39 is 0 Å². The van der Waals surface area contributed by atoms with Gasteiger partial charge < -0.3 is 9.13 Å². The second-order valence-corrected chi connectivity index (χ2v) is 6.60. The molecule has 3 aromatic heterocycles. The zero-order valence-electron chi connectivity index (χ0n) is 13.0. The maximum atomic E-state index is 9.04. The second-order valence-electron chi connectivity index (χ2n) is 6.60. The zero-order chi connectivity index (χ0) is 15.7. The first-order valence-corrected chi connectivity index (χ1v) is 7.17. The summed E-state index contributed by atoms with van der Waals surface area (Å²) >= 11 is 0. The molecule has 0 bridgehead atoms. The number of nitriles is 1. The molecule has 0 spiro atoms. The first-order valence-electron chi connectivity index (χ1n) is 7.17. The third-order valence-electron chi connectivity index (χ3n) is 3.36. The van der Waals surface area contributed by atoms with E-state index >= 15 is 0 Å². The van der Waals surface area contributed by atoms with E-state index in [0.717, 1.165) is 23.3 Å². The van der Waals surface area contributed by atoms with Gasteiger partial charge >= 0.3 is 0 Å². The lowest BCUT2D eigenvalue weighted by atomic mass is 9.97. The van der Waals surface area contributed by atoms with E-state index in [0.29, 0.717) is 6.54 Å². The van der Waals surface area contributed by atoms with Crippen LogP contribution >= 0.6 is 0 Å². The third kappa shape index (κ3) is 2.84. The van der Waals surface area contributed by atoms with E-state index in [-0.39, 0.29) is 11.2 Å². The summed E-state index contributed by atoms with van der Waals surface area (Å²) in [6.45, 7) is 8.10. The molecular weight excluding hydrogens is 276 g/mol. The molecule has 0 aromatic carbocycles. The molecule has 0 unspecified atom stereocenters. The van der Waals surface area contributed by atoms with E-state index in [9.17, 15) is 0 Å². The summed E-state index contributed by atoms with van der Waals surface area (Å²) in [6.07, 6.45) is 7.22. The molecule has 0 fully saturated rings. The van der Waals surface area contributed by atoms with Crippen LogP contribution in [0, 0.1) is 16.7 Å². The van der Waals surface area contributed by atoms with Crippen LogP contribution in [0.3, 0.4) is 0 Å². The number of nitrogens with zero attached hydrogens (tertiary/aromatic N) is 6. The first-order chi connectivity index (χ1) is 10.5. The highest BCUT2D eigenvalue weighted by atomic mass is 15.1. The second kappa shape index (κ2) is 5.26. The van der Waals surface area contributed by atoms with Gasteiger partial charge in [-0.05, 0) is 11.5 Å². The van der Waals surface area contributed by atoms with Gasteiger partial charge in [-0.3, -0.25) is 0 Å². The number of rotatable bonds is 3. The average Bonchev–Trinajstić information content (AvgIpc) is 3.07. The van der Waals surface area contributed by atoms with Crippen molar-refractivity contribution in [2.45, 2.75) is 33.9 Å². The summed E-state index contributed by atoms with van der Waals surface area (Å²) in [4.78, 5) is 12.5. The van der Waals surface area contributed by atoms with Crippen LogP contribution < -0.4 is 0 Å². The first kappa shape index (κ1) is 14.3. The highest BCUT2D eigenvalue weighted by Crippen LogP contribution is 2.24. The Bertz CT molecular complexity index is 830. The lowest BCUT2D eigenvalue weighted by Gasteiger charge is -2.21. The molecule has 0 aliphatic carbocycles. The Morgan fingerprint density at radius 1 is 1.32 bits per heavy atom. The molecule has 3 rings (SSSR count). The summed E-state index contributed by atoms with van der Waals surface area (Å²) in [5.74, 6) is 0.204. The van der Waals surface area contributed by atoms with Crippen LogP contribution in [0.4, 0.5) is 0 Å². The highest BCUT2D eigenvalue weighted by Gasteiger charge is 2.18. The van der Waals surface area contributed by atoms with Crippen molar-refractivity contribution >= 4 is 11.0 Å². The molecule has 0 aliphatic heterocycles. The van der Waals surface area contributed by atoms with Crippen LogP contribution in [0.1, 0.15) is 32.3 Å². The Balaban J connectivity index is 2.13. The lowest BCUT2D eigenvalue weighted by molar-refractivity contribution is 0.342. The van der Waals surface area contributed by atoms with Gasteiger partial charge in [0.05, 0.1) is 12.9 Å². The largest absolute Gasteiger partial charge is 0.332 e. The van der Waals surface area contributed by atoms with Crippen LogP contribution in [0.2, 0.25) is 0 Å². The smallest absolute Gasteiger partial charge is 0.234 e. The lowest BCUT2D eigenvalue weighted by Crippen LogP contribution is -2.18. The molecule has 6 heteroatoms. The fourth-order valence-electron chi connectivity index (χ4n) is 2.50. The average molecular weight is 294 g/mol. The fourth-order valence-corrected chi connectivity index (χ4v) is 2.50. The molecule has 22 heavy (non-hydrogen) atoms. The van der Waals surface area contributed by atoms with Crippen LogP contribution in [-0.2, 0) is 13.1 Å². The standard InChI is InChI=1S/C16H18N6/c1-16(2,3)10-22-13(9-21-5-4-18-11-21)6-12-8-19-14(7-17)20-15(12)22/h4-6,8,11H,9-10H2,1-3H3. The molecule has 3 heterocycles. The van der Waals surface area contributed by atoms with Gasteiger partial charge in [-0.1, -0.05) is 20.8 Å². The number of aromatic nitrogens is 5. The van der Waals surface area contributed by atoms with Crippen molar-refractivity contribution in [2.24, 2.45) is 5.41 Å². The number of fused-ring (bicyclic) bond motifs is 1. The van der Waals surface area contributed by atoms with E-state index in [1.807, 2.05) is 16.8 Å². The summed E-state index contributed by atoms with van der Waals surface area (Å²) in [5, 5.41) is 9.99. The molecule has 0 saturated carbocycles. The Hall–Kier alpha value is -2.68. The number of hydrogen-bond acceptors (Lipinski definition) is 4. The van der Waals surface area contributed by atoms with Gasteiger partial charge in [0.2, 0.25) is 5.82 Å². The van der Waals surface area contributed by atoms with Gasteiger partial charge in [0, 0.05) is 36.2 Å². The van der Waals surface area contributed by atoms with Crippen LogP contribution in [0.25, 0.3) is 11.0 Å². The van der Waals surface area contributed by atoms with Gasteiger partial charge in [-0.2, -0.15) is 5.26 Å². The monoisotopic (exact) mass is 294 g/mol. The maximum Gasteiger partial charge on any atom is 0.234 e. The van der Waals surface area contributed by atoms with Gasteiger partial charge in [0.25, 0.3) is 0 Å². The van der Waals surface area contributed by atoms with E-state index in [2.05, 4.69) is 46.4 Å². The minimum Gasteiger partial charge on any atom is -0.332 e. The van der Waals surface area contributed by atoms with Crippen molar-refractivity contribution in [1.82, 2.24) is 24.1 Å². The predicted molar refractivity (Wildman–Crippen MR) is 83.0 cm³/mol. The molecule has 0 radical (unpaired) electrons. The van der Waals surface area contributed by atoms with Crippen molar-refractivity contribution in [3.8, 4) is 6.07 Å². The number of imidazole rings is 1. The minimum absolute atomic E-state index is 0.105. The third-order valence-corrected chi connectivity index (χ3v) is 3.36. The van der Waals surface area contributed by atoms with Crippen molar-refractivity contribution in [3.05, 3.63) is 42.5 Å². The fraction of sp³-hybridized carbons (Fsp3) is 0.375. The molecule has 3 aromatic rings. The van der Waals surface area contributed by atoms with Crippen LogP contribution in [-0.4, -0.2) is 24.1 Å². The normalized spacial score (nSPS) is 11.7. The Kier molecular flexibility index (Phi) is 3.41. The van der Waals surface area contributed by atoms with Crippen molar-refractivity contribution < 1.29 is 0 Å². The van der Waals surface area contributed by atoms with E-state index in [1.165, 1.54) is 0 Å². The number of hydrogen-bond donors (Lipinski definition) is 0. The SMILES string of the molecule is CC(C)(C)Cn1c(Cn2ccnc2)cc2cnc(C#N)nc21. The highest BCUT2D eigenvalue weighted by molar-refractivity contribution is 5.77. The Labute approximate surface area is 129 Å². The van der Waals surface area contributed by atoms with Gasteiger partial charge in [-0.25, -0.2) is 15.0 Å². The predicted octanol–water partition coefficient (Wildman–Crippen LogP) is 2.59. The summed E-state index contributed by atoms with van der Waals surface area (Å²) in [7, 11) is 0.